The van der Waals surface area contributed by atoms with Crippen molar-refractivity contribution in [1.82, 2.24) is 14.5 Å². The quantitative estimate of drug-likeness (QED) is 0.689. The number of alkyl halides is 3. The highest BCUT2D eigenvalue weighted by Gasteiger charge is 2.42. The molecule has 4 rings (SSSR count). The first-order chi connectivity index (χ1) is 15.1. The van der Waals surface area contributed by atoms with Crippen LogP contribution in [0, 0.1) is 5.41 Å². The zero-order valence-corrected chi connectivity index (χ0v) is 18.4. The molecule has 1 atom stereocenters. The Labute approximate surface area is 187 Å². The normalized spacial score (nSPS) is 20.6. The molecule has 2 saturated heterocycles. The lowest BCUT2D eigenvalue weighted by Crippen LogP contribution is -2.43. The average Bonchev–Trinajstić information content (AvgIpc) is 3.17. The molecule has 7 nitrogen and oxygen atoms in total. The van der Waals surface area contributed by atoms with E-state index >= 15 is 0 Å². The molecule has 0 radical (unpaired) electrons. The summed E-state index contributed by atoms with van der Waals surface area (Å²) in [5, 5.41) is 0. The first-order valence-corrected chi connectivity index (χ1v) is 11.0. The van der Waals surface area contributed by atoms with Gasteiger partial charge in [-0.2, -0.15) is 18.2 Å². The summed E-state index contributed by atoms with van der Waals surface area (Å²) in [6.45, 7) is 5.86. The van der Waals surface area contributed by atoms with Gasteiger partial charge in [0.25, 0.3) is 5.56 Å². The Hall–Kier alpha value is -2.53. The van der Waals surface area contributed by atoms with Crippen LogP contribution >= 0.6 is 11.8 Å². The van der Waals surface area contributed by atoms with E-state index in [2.05, 4.69) is 16.5 Å². The number of hydrogen-bond donors (Lipinski definition) is 1. The number of rotatable bonds is 4. The summed E-state index contributed by atoms with van der Waals surface area (Å²) in [5.74, 6) is 0.314. The average molecular weight is 468 g/mol. The maximum absolute atomic E-state index is 13.3. The Morgan fingerprint density at radius 1 is 1.38 bits per heavy atom. The van der Waals surface area contributed by atoms with Gasteiger partial charge in [-0.1, -0.05) is 17.8 Å². The largest absolute Gasteiger partial charge is 0.434 e. The second-order valence-corrected chi connectivity index (χ2v) is 9.27. The molecule has 0 aromatic carbocycles. The van der Waals surface area contributed by atoms with Crippen molar-refractivity contribution in [3.05, 3.63) is 47.0 Å². The van der Waals surface area contributed by atoms with Crippen molar-refractivity contribution in [1.29, 1.82) is 0 Å². The second-order valence-electron chi connectivity index (χ2n) is 8.22. The van der Waals surface area contributed by atoms with Gasteiger partial charge in [0, 0.05) is 31.2 Å². The fourth-order valence-electron chi connectivity index (χ4n) is 4.27. The maximum Gasteiger partial charge on any atom is 0.434 e. The Morgan fingerprint density at radius 2 is 2.09 bits per heavy atom. The van der Waals surface area contributed by atoms with E-state index in [4.69, 9.17) is 10.5 Å². The van der Waals surface area contributed by atoms with Crippen LogP contribution in [0.1, 0.15) is 25.0 Å². The lowest BCUT2D eigenvalue weighted by Gasteiger charge is -2.39. The number of hydrogen-bond acceptors (Lipinski definition) is 7. The Morgan fingerprint density at radius 3 is 2.72 bits per heavy atom. The molecule has 0 aliphatic carbocycles. The van der Waals surface area contributed by atoms with Gasteiger partial charge in [0.2, 0.25) is 5.95 Å². The van der Waals surface area contributed by atoms with Crippen molar-refractivity contribution in [3.63, 3.8) is 0 Å². The van der Waals surface area contributed by atoms with Crippen LogP contribution in [0.2, 0.25) is 0 Å². The van der Waals surface area contributed by atoms with Crippen molar-refractivity contribution in [2.24, 2.45) is 12.5 Å². The number of nitrogens with two attached hydrogens (primary N) is 1. The summed E-state index contributed by atoms with van der Waals surface area (Å²) >= 11 is 0.634. The van der Waals surface area contributed by atoms with E-state index in [0.717, 1.165) is 25.5 Å². The van der Waals surface area contributed by atoms with Gasteiger partial charge in [0.1, 0.15) is 10.7 Å². The van der Waals surface area contributed by atoms with Gasteiger partial charge in [0.15, 0.2) is 5.69 Å². The van der Waals surface area contributed by atoms with Crippen molar-refractivity contribution < 1.29 is 17.9 Å². The second kappa shape index (κ2) is 8.43. The van der Waals surface area contributed by atoms with E-state index in [1.165, 1.54) is 16.7 Å². The first-order valence-electron chi connectivity index (χ1n) is 10.2. The highest BCUT2D eigenvalue weighted by atomic mass is 32.2. The molecule has 2 aliphatic heterocycles. The summed E-state index contributed by atoms with van der Waals surface area (Å²) in [6.07, 6.45) is 1.02. The van der Waals surface area contributed by atoms with E-state index < -0.39 is 17.4 Å². The van der Waals surface area contributed by atoms with Crippen LogP contribution in [0.4, 0.5) is 24.9 Å². The predicted molar refractivity (Wildman–Crippen MR) is 116 cm³/mol. The molecular weight excluding hydrogens is 443 g/mol. The number of pyridine rings is 1. The van der Waals surface area contributed by atoms with E-state index in [0.29, 0.717) is 37.4 Å². The molecule has 0 unspecified atom stereocenters. The third-order valence-corrected chi connectivity index (χ3v) is 7.25. The molecular formula is C21H24F3N5O2S. The van der Waals surface area contributed by atoms with Crippen LogP contribution < -0.4 is 16.2 Å². The summed E-state index contributed by atoms with van der Waals surface area (Å²) in [5.41, 5.74) is 4.60. The lowest BCUT2D eigenvalue weighted by atomic mass is 9.77. The molecule has 0 bridgehead atoms. The van der Waals surface area contributed by atoms with E-state index in [9.17, 15) is 18.0 Å². The minimum absolute atomic E-state index is 0.0544. The van der Waals surface area contributed by atoms with Gasteiger partial charge < -0.3 is 15.4 Å². The lowest BCUT2D eigenvalue weighted by molar-refractivity contribution is -0.143. The minimum atomic E-state index is -4.64. The minimum Gasteiger partial charge on any atom is -0.382 e. The summed E-state index contributed by atoms with van der Waals surface area (Å²) in [6, 6.07) is 2.64. The monoisotopic (exact) mass is 467 g/mol. The fraction of sp³-hybridized carbons (Fsp3) is 0.476. The van der Waals surface area contributed by atoms with Gasteiger partial charge in [-0.15, -0.1) is 6.58 Å². The molecule has 2 fully saturated rings. The van der Waals surface area contributed by atoms with Crippen LogP contribution in [-0.2, 0) is 18.0 Å². The van der Waals surface area contributed by atoms with Crippen molar-refractivity contribution >= 4 is 23.5 Å². The van der Waals surface area contributed by atoms with Crippen LogP contribution in [0.5, 0.6) is 0 Å². The molecule has 172 valence electrons. The van der Waals surface area contributed by atoms with E-state index in [1.807, 2.05) is 11.0 Å². The molecule has 32 heavy (non-hydrogen) atoms. The fourth-order valence-corrected chi connectivity index (χ4v) is 5.28. The van der Waals surface area contributed by atoms with Crippen LogP contribution in [0.25, 0.3) is 0 Å². The highest BCUT2D eigenvalue weighted by molar-refractivity contribution is 7.99. The number of halogens is 3. The number of anilines is 2. The van der Waals surface area contributed by atoms with Gasteiger partial charge in [-0.3, -0.25) is 14.3 Å². The summed E-state index contributed by atoms with van der Waals surface area (Å²) in [7, 11) is 1.55. The maximum atomic E-state index is 13.3. The molecule has 4 heterocycles. The molecule has 0 amide bonds. The number of aromatic nitrogens is 3. The van der Waals surface area contributed by atoms with E-state index in [1.54, 1.807) is 7.05 Å². The van der Waals surface area contributed by atoms with Crippen molar-refractivity contribution in [3.8, 4) is 0 Å². The number of nitrogen functional groups attached to an aromatic ring is 1. The SMILES string of the molecule is C=C[C@H]1CC2(CCN(c3nc(N)c(Sc4cccnc4C(F)(F)F)c(=O)n3C)CC2)CO1. The third-order valence-electron chi connectivity index (χ3n) is 6.11. The predicted octanol–water partition coefficient (Wildman–Crippen LogP) is 3.49. The Balaban J connectivity index is 1.57. The first kappa shape index (κ1) is 22.7. The smallest absolute Gasteiger partial charge is 0.382 e. The van der Waals surface area contributed by atoms with Gasteiger partial charge in [0.05, 0.1) is 12.7 Å². The number of nitrogens with zero attached hydrogens (tertiary/aromatic N) is 4. The molecule has 2 aromatic heterocycles. The molecule has 2 aromatic rings. The van der Waals surface area contributed by atoms with E-state index in [-0.39, 0.29) is 27.1 Å². The van der Waals surface area contributed by atoms with Crippen LogP contribution in [-0.4, -0.2) is 40.3 Å². The van der Waals surface area contributed by atoms with Crippen molar-refractivity contribution in [2.75, 3.05) is 30.3 Å². The van der Waals surface area contributed by atoms with Gasteiger partial charge >= 0.3 is 6.18 Å². The van der Waals surface area contributed by atoms with Crippen LogP contribution in [0.3, 0.4) is 0 Å². The number of ether oxygens (including phenoxy) is 1. The Bertz CT molecular complexity index is 1080. The van der Waals surface area contributed by atoms with Gasteiger partial charge in [-0.25, -0.2) is 0 Å². The molecule has 2 aliphatic rings. The molecule has 11 heteroatoms. The zero-order valence-electron chi connectivity index (χ0n) is 17.6. The third kappa shape index (κ3) is 4.23. The van der Waals surface area contributed by atoms with Gasteiger partial charge in [-0.05, 0) is 36.8 Å². The van der Waals surface area contributed by atoms with Crippen LogP contribution in [0.15, 0.2) is 45.6 Å². The zero-order chi connectivity index (χ0) is 23.1. The summed E-state index contributed by atoms with van der Waals surface area (Å²) in [4.78, 5) is 22.6. The van der Waals surface area contributed by atoms with Crippen molar-refractivity contribution in [2.45, 2.75) is 41.3 Å². The topological polar surface area (TPSA) is 86.3 Å². The highest BCUT2D eigenvalue weighted by Crippen LogP contribution is 2.43. The molecule has 0 saturated carbocycles. The molecule has 2 N–H and O–H groups in total. The Kier molecular flexibility index (Phi) is 5.97. The number of piperidine rings is 1. The summed E-state index contributed by atoms with van der Waals surface area (Å²) < 4.78 is 47.0. The standard InChI is InChI=1S/C21H24F3N5O2S/c1-3-13-11-20(12-31-13)6-9-29(10-7-20)19-27-17(25)15(18(30)28(19)2)32-14-5-4-8-26-16(14)21(22,23)24/h3-5,8,13H,1,6-7,9-12,25H2,2H3/t13-/m0/s1. The molecule has 1 spiro atoms.